The Labute approximate surface area is 64.1 Å². The monoisotopic (exact) mass is 135 g/mol. The molecule has 0 aliphatic carbocycles. The van der Waals surface area contributed by atoms with Gasteiger partial charge in [-0.2, -0.15) is 0 Å². The topological polar surface area (TPSA) is 27.3 Å². The highest BCUT2D eigenvalue weighted by Gasteiger charge is 2.08. The second-order valence-corrected chi connectivity index (χ2v) is 2.37. The van der Waals surface area contributed by atoms with Crippen molar-refractivity contribution in [3.05, 3.63) is 12.3 Å². The Balaban J connectivity index is 2.19. The third-order valence-corrected chi connectivity index (χ3v) is 1.43. The zero-order chi connectivity index (χ0) is 7.23. The first-order valence-corrected chi connectivity index (χ1v) is 3.75. The van der Waals surface area contributed by atoms with Crippen molar-refractivity contribution in [2.24, 2.45) is 0 Å². The molecule has 0 amide bonds. The van der Waals surface area contributed by atoms with E-state index in [-0.39, 0.29) is 0 Å². The number of allylic oxidation sites excluding steroid dienone is 1. The molecule has 1 aliphatic rings. The fraction of sp³-hybridized carbons (Fsp3) is 0.500. The summed E-state index contributed by atoms with van der Waals surface area (Å²) in [6, 6.07) is 0. The highest BCUT2D eigenvalue weighted by atomic mass is 15.1. The molecule has 0 unspecified atom stereocenters. The predicted molar refractivity (Wildman–Crippen MR) is 49.0 cm³/mol. The van der Waals surface area contributed by atoms with Crippen LogP contribution in [0, 0.1) is 0 Å². The summed E-state index contributed by atoms with van der Waals surface area (Å²) in [6.07, 6.45) is 5.39. The summed E-state index contributed by atoms with van der Waals surface area (Å²) >= 11 is 0. The lowest BCUT2D eigenvalue weighted by atomic mass is 9.81. The molecular weight excluding hydrogens is 123 g/mol. The predicted octanol–water partition coefficient (Wildman–Crippen LogP) is -1.80. The van der Waals surface area contributed by atoms with Crippen molar-refractivity contribution >= 4 is 22.6 Å². The van der Waals surface area contributed by atoms with Crippen LogP contribution in [0.15, 0.2) is 12.3 Å². The van der Waals surface area contributed by atoms with Crippen LogP contribution in [0.3, 0.4) is 0 Å². The van der Waals surface area contributed by atoms with E-state index in [1.165, 1.54) is 0 Å². The van der Waals surface area contributed by atoms with Gasteiger partial charge in [0.15, 0.2) is 0 Å². The fourth-order valence-electron chi connectivity index (χ4n) is 0.903. The van der Waals surface area contributed by atoms with Crippen LogP contribution in [0.5, 0.6) is 0 Å². The van der Waals surface area contributed by atoms with Crippen LogP contribution in [-0.4, -0.2) is 27.4 Å². The molecule has 0 atom stereocenters. The summed E-state index contributed by atoms with van der Waals surface area (Å²) in [5.41, 5.74) is 0. The summed E-state index contributed by atoms with van der Waals surface area (Å²) in [6.45, 7) is 2.14. The molecule has 1 heterocycles. The molecule has 0 bridgehead atoms. The molecule has 2 N–H and O–H groups in total. The van der Waals surface area contributed by atoms with E-state index in [1.807, 2.05) is 0 Å². The smallest absolute Gasteiger partial charge is 0.298 e. The zero-order valence-corrected chi connectivity index (χ0v) is 6.43. The molecule has 10 heavy (non-hydrogen) atoms. The fourth-order valence-corrected chi connectivity index (χ4v) is 0.903. The van der Waals surface area contributed by atoms with Crippen LogP contribution >= 0.6 is 0 Å². The average molecular weight is 135 g/mol. The van der Waals surface area contributed by atoms with E-state index < -0.39 is 0 Å². The standard InChI is InChI=1S/C4H12B3N3/c1-2-3-4-10-6-8-5-9-7-10/h3-9H,2H2,1H3. The molecule has 0 aromatic carbocycles. The zero-order valence-electron chi connectivity index (χ0n) is 6.43. The first-order valence-electron chi connectivity index (χ1n) is 3.75. The van der Waals surface area contributed by atoms with Gasteiger partial charge in [0.05, 0.1) is 0 Å². The summed E-state index contributed by atoms with van der Waals surface area (Å²) in [5, 5.41) is 6.41. The van der Waals surface area contributed by atoms with Gasteiger partial charge in [-0.15, -0.1) is 0 Å². The molecule has 3 nitrogen and oxygen atoms in total. The molecule has 1 rings (SSSR count). The molecule has 0 aromatic rings. The lowest BCUT2D eigenvalue weighted by Crippen LogP contribution is -2.55. The van der Waals surface area contributed by atoms with Gasteiger partial charge in [0.25, 0.3) is 22.6 Å². The third kappa shape index (κ3) is 2.50. The van der Waals surface area contributed by atoms with Crippen molar-refractivity contribution in [2.45, 2.75) is 13.3 Å². The normalized spacial score (nSPS) is 17.9. The van der Waals surface area contributed by atoms with Crippen LogP contribution in [0.1, 0.15) is 13.3 Å². The minimum atomic E-state index is 0.927. The Morgan fingerprint density at radius 1 is 1.40 bits per heavy atom. The minimum Gasteiger partial charge on any atom is -0.447 e. The maximum atomic E-state index is 3.21. The molecular formula is C4H12B3N3. The third-order valence-electron chi connectivity index (χ3n) is 1.43. The van der Waals surface area contributed by atoms with Gasteiger partial charge in [0.1, 0.15) is 0 Å². The van der Waals surface area contributed by atoms with E-state index in [2.05, 4.69) is 34.2 Å². The first-order chi connectivity index (χ1) is 4.93. The van der Waals surface area contributed by atoms with E-state index in [0.717, 1.165) is 29.1 Å². The Hall–Kier alpha value is -0.345. The van der Waals surface area contributed by atoms with Gasteiger partial charge in [-0.3, -0.25) is 0 Å². The minimum absolute atomic E-state index is 0.927. The Morgan fingerprint density at radius 3 is 2.70 bits per heavy atom. The number of hydrogen-bond acceptors (Lipinski definition) is 3. The van der Waals surface area contributed by atoms with Crippen LogP contribution in [-0.2, 0) is 0 Å². The molecule has 0 aromatic heterocycles. The molecule has 0 saturated carbocycles. The Morgan fingerprint density at radius 2 is 2.10 bits per heavy atom. The highest BCUT2D eigenvalue weighted by Crippen LogP contribution is 1.85. The quantitative estimate of drug-likeness (QED) is 0.437. The van der Waals surface area contributed by atoms with Crippen molar-refractivity contribution in [1.82, 2.24) is 15.0 Å². The van der Waals surface area contributed by atoms with E-state index in [0.29, 0.717) is 0 Å². The van der Waals surface area contributed by atoms with E-state index in [4.69, 9.17) is 0 Å². The van der Waals surface area contributed by atoms with Gasteiger partial charge in [-0.05, 0) is 12.6 Å². The van der Waals surface area contributed by atoms with Gasteiger partial charge in [-0.1, -0.05) is 13.0 Å². The van der Waals surface area contributed by atoms with E-state index in [1.54, 1.807) is 0 Å². The molecule has 1 saturated heterocycles. The molecule has 0 radical (unpaired) electrons. The van der Waals surface area contributed by atoms with Crippen molar-refractivity contribution in [1.29, 1.82) is 0 Å². The lowest BCUT2D eigenvalue weighted by Gasteiger charge is -2.23. The summed E-state index contributed by atoms with van der Waals surface area (Å²) in [5.74, 6) is 0. The van der Waals surface area contributed by atoms with Crippen molar-refractivity contribution in [3.63, 3.8) is 0 Å². The number of rotatable bonds is 2. The van der Waals surface area contributed by atoms with Gasteiger partial charge in [-0.25, -0.2) is 0 Å². The SMILES string of the molecule is CCC=CN1BNBNB1. The van der Waals surface area contributed by atoms with Crippen LogP contribution in [0.2, 0.25) is 0 Å². The lowest BCUT2D eigenvalue weighted by molar-refractivity contribution is 0.878. The van der Waals surface area contributed by atoms with E-state index in [9.17, 15) is 0 Å². The maximum absolute atomic E-state index is 3.21. The number of hydrogen-bond donors (Lipinski definition) is 2. The van der Waals surface area contributed by atoms with Gasteiger partial charge >= 0.3 is 0 Å². The number of nitrogens with zero attached hydrogens (tertiary/aromatic N) is 1. The molecule has 52 valence electrons. The Kier molecular flexibility index (Phi) is 3.47. The average Bonchev–Trinajstić information content (AvgIpc) is 2.03. The first kappa shape index (κ1) is 7.76. The highest BCUT2D eigenvalue weighted by molar-refractivity contribution is 6.65. The largest absolute Gasteiger partial charge is 0.447 e. The van der Waals surface area contributed by atoms with Crippen LogP contribution in [0.4, 0.5) is 0 Å². The van der Waals surface area contributed by atoms with Gasteiger partial charge in [0, 0.05) is 0 Å². The molecule has 0 spiro atoms. The van der Waals surface area contributed by atoms with Gasteiger partial charge < -0.3 is 15.0 Å². The maximum Gasteiger partial charge on any atom is 0.298 e. The van der Waals surface area contributed by atoms with Crippen molar-refractivity contribution in [2.75, 3.05) is 0 Å². The molecule has 1 aliphatic heterocycles. The number of nitrogens with one attached hydrogen (secondary N) is 2. The van der Waals surface area contributed by atoms with Crippen molar-refractivity contribution < 1.29 is 0 Å². The van der Waals surface area contributed by atoms with Crippen LogP contribution < -0.4 is 10.3 Å². The van der Waals surface area contributed by atoms with Crippen molar-refractivity contribution in [3.8, 4) is 0 Å². The Bertz CT molecular complexity index is 112. The summed E-state index contributed by atoms with van der Waals surface area (Å²) in [4.78, 5) is 0. The molecule has 6 heteroatoms. The second kappa shape index (κ2) is 4.47. The van der Waals surface area contributed by atoms with E-state index >= 15 is 0 Å². The summed E-state index contributed by atoms with van der Waals surface area (Å²) < 4.78 is 2.20. The van der Waals surface area contributed by atoms with Crippen LogP contribution in [0.25, 0.3) is 0 Å². The van der Waals surface area contributed by atoms with Gasteiger partial charge in [0.2, 0.25) is 0 Å². The second-order valence-electron chi connectivity index (χ2n) is 2.37. The summed E-state index contributed by atoms with van der Waals surface area (Å²) in [7, 11) is 2.85. The molecule has 1 fully saturated rings.